The molecule has 0 amide bonds. The summed E-state index contributed by atoms with van der Waals surface area (Å²) < 4.78 is 1.87. The Balaban J connectivity index is 2.30. The van der Waals surface area contributed by atoms with Crippen LogP contribution in [0, 0.1) is 6.57 Å². The second kappa shape index (κ2) is 4.16. The molecule has 3 nitrogen and oxygen atoms in total. The maximum atomic E-state index is 6.74. The van der Waals surface area contributed by atoms with Crippen LogP contribution in [-0.4, -0.2) is 9.55 Å². The van der Waals surface area contributed by atoms with Crippen LogP contribution < -0.4 is 0 Å². The highest BCUT2D eigenvalue weighted by molar-refractivity contribution is 6.30. The number of rotatable bonds is 2. The minimum Gasteiger partial charge on any atom is -0.310 e. The van der Waals surface area contributed by atoms with Crippen molar-refractivity contribution < 1.29 is 0 Å². The molecule has 0 aliphatic carbocycles. The summed E-state index contributed by atoms with van der Waals surface area (Å²) in [7, 11) is 0. The van der Waals surface area contributed by atoms with Crippen molar-refractivity contribution in [1.29, 1.82) is 0 Å². The van der Waals surface area contributed by atoms with E-state index in [0.717, 1.165) is 11.4 Å². The van der Waals surface area contributed by atoms with Crippen molar-refractivity contribution in [2.75, 3.05) is 0 Å². The minimum atomic E-state index is 0.320. The molecule has 0 saturated heterocycles. The quantitative estimate of drug-likeness (QED) is 0.709. The summed E-state index contributed by atoms with van der Waals surface area (Å²) in [4.78, 5) is 7.40. The molecule has 0 atom stereocenters. The van der Waals surface area contributed by atoms with E-state index >= 15 is 0 Å². The summed E-state index contributed by atoms with van der Waals surface area (Å²) in [6.07, 6.45) is 3.55. The van der Waals surface area contributed by atoms with Crippen LogP contribution in [0.5, 0.6) is 0 Å². The van der Waals surface area contributed by atoms with E-state index in [1.54, 1.807) is 6.33 Å². The second-order valence-corrected chi connectivity index (χ2v) is 3.50. The van der Waals surface area contributed by atoms with Gasteiger partial charge >= 0.3 is 0 Å². The third kappa shape index (κ3) is 2.17. The average molecular weight is 218 g/mol. The molecule has 0 spiro atoms. The van der Waals surface area contributed by atoms with E-state index in [1.807, 2.05) is 35.0 Å². The number of nitrogens with zero attached hydrogens (tertiary/aromatic N) is 3. The van der Waals surface area contributed by atoms with Gasteiger partial charge in [-0.25, -0.2) is 11.6 Å². The molecule has 2 rings (SSSR count). The Hall–Kier alpha value is -1.79. The number of halogens is 1. The molecule has 0 unspecified atom stereocenters. The van der Waals surface area contributed by atoms with Crippen LogP contribution >= 0.6 is 11.6 Å². The van der Waals surface area contributed by atoms with E-state index < -0.39 is 0 Å². The maximum Gasteiger partial charge on any atom is 0.257 e. The summed E-state index contributed by atoms with van der Waals surface area (Å²) in [5.41, 5.74) is 1.77. The lowest BCUT2D eigenvalue weighted by Gasteiger charge is -2.00. The Kier molecular flexibility index (Phi) is 2.70. The zero-order valence-corrected chi connectivity index (χ0v) is 8.65. The van der Waals surface area contributed by atoms with Crippen molar-refractivity contribution >= 4 is 11.6 Å². The molecule has 1 aromatic heterocycles. The molecule has 0 fully saturated rings. The molecule has 74 valence electrons. The summed E-state index contributed by atoms with van der Waals surface area (Å²) in [5.74, 6) is 0. The lowest BCUT2D eigenvalue weighted by Crippen LogP contribution is -1.88. The van der Waals surface area contributed by atoms with E-state index in [0.29, 0.717) is 11.6 Å². The fourth-order valence-electron chi connectivity index (χ4n) is 1.28. The number of benzene rings is 1. The Labute approximate surface area is 92.8 Å². The van der Waals surface area contributed by atoms with E-state index in [2.05, 4.69) is 9.83 Å². The summed E-state index contributed by atoms with van der Waals surface area (Å²) in [6, 6.07) is 7.47. The Bertz CT molecular complexity index is 493. The first-order chi connectivity index (χ1) is 7.29. The first-order valence-electron chi connectivity index (χ1n) is 4.41. The minimum absolute atomic E-state index is 0.320. The van der Waals surface area contributed by atoms with Gasteiger partial charge in [-0.05, 0) is 24.3 Å². The van der Waals surface area contributed by atoms with Gasteiger partial charge in [-0.2, -0.15) is 0 Å². The third-order valence-corrected chi connectivity index (χ3v) is 2.25. The monoisotopic (exact) mass is 217 g/mol. The average Bonchev–Trinajstić information content (AvgIpc) is 2.68. The molecule has 4 heteroatoms. The van der Waals surface area contributed by atoms with Crippen molar-refractivity contribution in [1.82, 2.24) is 9.55 Å². The van der Waals surface area contributed by atoms with Crippen molar-refractivity contribution in [3.05, 3.63) is 58.9 Å². The van der Waals surface area contributed by atoms with Crippen LogP contribution in [0.15, 0.2) is 36.8 Å². The number of aromatic nitrogens is 2. The topological polar surface area (TPSA) is 22.2 Å². The predicted octanol–water partition coefficient (Wildman–Crippen LogP) is 2.94. The van der Waals surface area contributed by atoms with Crippen LogP contribution in [0.25, 0.3) is 10.5 Å². The maximum absolute atomic E-state index is 6.74. The van der Waals surface area contributed by atoms with Gasteiger partial charge in [0.15, 0.2) is 0 Å². The molecule has 0 bridgehead atoms. The Morgan fingerprint density at radius 1 is 1.33 bits per heavy atom. The van der Waals surface area contributed by atoms with Gasteiger partial charge in [0.1, 0.15) is 5.69 Å². The number of imidazole rings is 1. The van der Waals surface area contributed by atoms with Crippen LogP contribution in [0.1, 0.15) is 5.69 Å². The standard InChI is InChI=1S/C11H8ClN3/c1-13-6-10-7-15(8-14-10)11-4-2-9(12)3-5-11/h2-5,7-8H,6H2. The predicted molar refractivity (Wildman–Crippen MR) is 58.9 cm³/mol. The van der Waals surface area contributed by atoms with Gasteiger partial charge in [0.2, 0.25) is 0 Å². The van der Waals surface area contributed by atoms with Crippen LogP contribution in [0.3, 0.4) is 0 Å². The second-order valence-electron chi connectivity index (χ2n) is 3.06. The normalized spacial score (nSPS) is 9.87. The highest BCUT2D eigenvalue weighted by atomic mass is 35.5. The Morgan fingerprint density at radius 2 is 2.07 bits per heavy atom. The molecule has 1 heterocycles. The first-order valence-corrected chi connectivity index (χ1v) is 4.79. The molecule has 2 aromatic rings. The summed E-state index contributed by atoms with van der Waals surface area (Å²) in [6.45, 7) is 7.06. The molecule has 0 aliphatic rings. The Morgan fingerprint density at radius 3 is 2.73 bits per heavy atom. The van der Waals surface area contributed by atoms with E-state index in [4.69, 9.17) is 18.2 Å². The molecule has 1 aromatic carbocycles. The van der Waals surface area contributed by atoms with E-state index in [-0.39, 0.29) is 0 Å². The zero-order valence-electron chi connectivity index (χ0n) is 7.89. The van der Waals surface area contributed by atoms with Crippen LogP contribution in [-0.2, 0) is 6.54 Å². The van der Waals surface area contributed by atoms with Gasteiger partial charge < -0.3 is 9.41 Å². The third-order valence-electron chi connectivity index (χ3n) is 2.00. The SMILES string of the molecule is [C-]#[N+]Cc1cn(-c2ccc(Cl)cc2)cn1. The van der Waals surface area contributed by atoms with Crippen molar-refractivity contribution in [2.24, 2.45) is 0 Å². The van der Waals surface area contributed by atoms with Crippen molar-refractivity contribution in [3.63, 3.8) is 0 Å². The van der Waals surface area contributed by atoms with Gasteiger partial charge in [0, 0.05) is 16.9 Å². The van der Waals surface area contributed by atoms with Gasteiger partial charge in [0.25, 0.3) is 6.54 Å². The lowest BCUT2D eigenvalue weighted by molar-refractivity contribution is 1.06. The summed E-state index contributed by atoms with van der Waals surface area (Å²) >= 11 is 5.79. The molecule has 0 N–H and O–H groups in total. The molecule has 0 radical (unpaired) electrons. The van der Waals surface area contributed by atoms with Crippen molar-refractivity contribution in [3.8, 4) is 5.69 Å². The van der Waals surface area contributed by atoms with E-state index in [1.165, 1.54) is 0 Å². The fraction of sp³-hybridized carbons (Fsp3) is 0.0909. The van der Waals surface area contributed by atoms with Gasteiger partial charge in [-0.1, -0.05) is 11.6 Å². The molecular formula is C11H8ClN3. The number of hydrogen-bond acceptors (Lipinski definition) is 1. The highest BCUT2D eigenvalue weighted by Crippen LogP contribution is 2.13. The zero-order chi connectivity index (χ0) is 10.7. The largest absolute Gasteiger partial charge is 0.310 e. The highest BCUT2D eigenvalue weighted by Gasteiger charge is 2.01. The van der Waals surface area contributed by atoms with Gasteiger partial charge in [-0.15, -0.1) is 0 Å². The van der Waals surface area contributed by atoms with E-state index in [9.17, 15) is 0 Å². The van der Waals surface area contributed by atoms with Gasteiger partial charge in [0.05, 0.1) is 6.33 Å². The number of hydrogen-bond donors (Lipinski definition) is 0. The van der Waals surface area contributed by atoms with Crippen molar-refractivity contribution in [2.45, 2.75) is 6.54 Å². The smallest absolute Gasteiger partial charge is 0.257 e. The molecule has 15 heavy (non-hydrogen) atoms. The summed E-state index contributed by atoms with van der Waals surface area (Å²) in [5, 5.41) is 0.709. The molecule has 0 saturated carbocycles. The lowest BCUT2D eigenvalue weighted by atomic mass is 10.3. The molecule has 0 aliphatic heterocycles. The molecular weight excluding hydrogens is 210 g/mol. The van der Waals surface area contributed by atoms with Crippen LogP contribution in [0.2, 0.25) is 5.02 Å². The van der Waals surface area contributed by atoms with Gasteiger partial charge in [-0.3, -0.25) is 0 Å². The van der Waals surface area contributed by atoms with Crippen LogP contribution in [0.4, 0.5) is 0 Å². The first kappa shape index (κ1) is 9.75. The fourth-order valence-corrected chi connectivity index (χ4v) is 1.41.